The van der Waals surface area contributed by atoms with Crippen LogP contribution < -0.4 is 9.47 Å². The first-order valence-corrected chi connectivity index (χ1v) is 11.2. The molecule has 3 unspecified atom stereocenters. The number of unbranched alkanes of at least 4 members (excludes halogenated alkanes) is 1. The van der Waals surface area contributed by atoms with Gasteiger partial charge in [0.15, 0.2) is 11.5 Å². The third kappa shape index (κ3) is 5.36. The van der Waals surface area contributed by atoms with Gasteiger partial charge in [-0.3, -0.25) is 0 Å². The second-order valence-corrected chi connectivity index (χ2v) is 8.79. The van der Waals surface area contributed by atoms with Crippen molar-refractivity contribution in [1.29, 1.82) is 0 Å². The summed E-state index contributed by atoms with van der Waals surface area (Å²) in [5.41, 5.74) is 1.86. The third-order valence-corrected chi connectivity index (χ3v) is 6.67. The number of aliphatic hydroxyl groups excluding tert-OH is 1. The Morgan fingerprint density at radius 1 is 1.16 bits per heavy atom. The number of ether oxygens (including phenoxy) is 3. The predicted molar refractivity (Wildman–Crippen MR) is 124 cm³/mol. The van der Waals surface area contributed by atoms with Crippen LogP contribution in [0.15, 0.2) is 48.5 Å². The Balaban J connectivity index is 1.69. The van der Waals surface area contributed by atoms with Crippen LogP contribution in [0.25, 0.3) is 0 Å². The van der Waals surface area contributed by atoms with Crippen molar-refractivity contribution in [2.24, 2.45) is 5.41 Å². The largest absolute Gasteiger partial charge is 0.493 e. The Labute approximate surface area is 191 Å². The molecular formula is C26H35NO5. The van der Waals surface area contributed by atoms with Gasteiger partial charge in [0.2, 0.25) is 0 Å². The van der Waals surface area contributed by atoms with Crippen molar-refractivity contribution in [3.05, 3.63) is 59.7 Å². The third-order valence-electron chi connectivity index (χ3n) is 6.67. The van der Waals surface area contributed by atoms with Crippen LogP contribution >= 0.6 is 0 Å². The number of carbonyl (C=O) groups is 1. The molecule has 1 heterocycles. The summed E-state index contributed by atoms with van der Waals surface area (Å²) in [6.45, 7) is 5.31. The van der Waals surface area contributed by atoms with Crippen LogP contribution in [0.1, 0.15) is 43.7 Å². The number of likely N-dealkylation sites (tertiary alicyclic amines) is 1. The molecule has 0 spiro atoms. The van der Waals surface area contributed by atoms with Crippen molar-refractivity contribution >= 4 is 6.09 Å². The Morgan fingerprint density at radius 2 is 1.91 bits per heavy atom. The number of methoxy groups -OCH3 is 2. The second-order valence-electron chi connectivity index (χ2n) is 8.79. The molecule has 0 bridgehead atoms. The Kier molecular flexibility index (Phi) is 8.02. The maximum atomic E-state index is 12.2. The molecule has 0 radical (unpaired) electrons. The number of aliphatic hydroxyl groups is 1. The van der Waals surface area contributed by atoms with E-state index in [0.29, 0.717) is 31.2 Å². The molecule has 1 N–H and O–H groups in total. The van der Waals surface area contributed by atoms with Crippen LogP contribution in [-0.2, 0) is 11.2 Å². The molecule has 1 fully saturated rings. The molecule has 1 aliphatic heterocycles. The van der Waals surface area contributed by atoms with E-state index in [1.165, 1.54) is 12.7 Å². The van der Waals surface area contributed by atoms with Gasteiger partial charge in [-0.25, -0.2) is 4.79 Å². The zero-order chi connectivity index (χ0) is 23.1. The number of hydrogen-bond acceptors (Lipinski definition) is 5. The predicted octanol–water partition coefficient (Wildman–Crippen LogP) is 4.65. The monoisotopic (exact) mass is 441 g/mol. The standard InChI is InChI=1S/C26H35NO5/c1-19(28)26(2)18-27(25(29)31-4)17-22(26)21-13-14-23(30-3)24(16-21)32-15-9-8-12-20-10-6-5-7-11-20/h5-7,10-11,13-14,16,19,22,28H,8-9,12,15,17-18H2,1-4H3. The summed E-state index contributed by atoms with van der Waals surface area (Å²) < 4.78 is 16.5. The van der Waals surface area contributed by atoms with Gasteiger partial charge in [-0.15, -0.1) is 0 Å². The van der Waals surface area contributed by atoms with Crippen LogP contribution in [0.5, 0.6) is 11.5 Å². The van der Waals surface area contributed by atoms with Gasteiger partial charge >= 0.3 is 6.09 Å². The normalized spacial score (nSPS) is 21.3. The van der Waals surface area contributed by atoms with Gasteiger partial charge < -0.3 is 24.2 Å². The minimum atomic E-state index is -0.591. The Hall–Kier alpha value is -2.73. The van der Waals surface area contributed by atoms with E-state index in [1.807, 2.05) is 31.2 Å². The van der Waals surface area contributed by atoms with Gasteiger partial charge in [0.05, 0.1) is 26.9 Å². The lowest BCUT2D eigenvalue weighted by atomic mass is 9.72. The molecule has 0 aliphatic carbocycles. The molecule has 1 amide bonds. The van der Waals surface area contributed by atoms with Crippen LogP contribution in [0, 0.1) is 5.41 Å². The molecular weight excluding hydrogens is 406 g/mol. The van der Waals surface area contributed by atoms with Crippen molar-refractivity contribution in [2.75, 3.05) is 33.9 Å². The second kappa shape index (κ2) is 10.7. The lowest BCUT2D eigenvalue weighted by molar-refractivity contribution is 0.0470. The van der Waals surface area contributed by atoms with Crippen molar-refractivity contribution < 1.29 is 24.1 Å². The van der Waals surface area contributed by atoms with Crippen molar-refractivity contribution in [2.45, 2.75) is 45.1 Å². The van der Waals surface area contributed by atoms with Gasteiger partial charge in [0.1, 0.15) is 0 Å². The lowest BCUT2D eigenvalue weighted by Gasteiger charge is -2.33. The van der Waals surface area contributed by atoms with Crippen molar-refractivity contribution in [1.82, 2.24) is 4.90 Å². The van der Waals surface area contributed by atoms with E-state index in [4.69, 9.17) is 14.2 Å². The minimum absolute atomic E-state index is 0.0482. The van der Waals surface area contributed by atoms with Gasteiger partial charge in [0, 0.05) is 24.4 Å². The van der Waals surface area contributed by atoms with E-state index in [0.717, 1.165) is 24.8 Å². The van der Waals surface area contributed by atoms with E-state index in [9.17, 15) is 9.90 Å². The van der Waals surface area contributed by atoms with Gasteiger partial charge in [0.25, 0.3) is 0 Å². The molecule has 0 aromatic heterocycles. The van der Waals surface area contributed by atoms with Gasteiger partial charge in [-0.05, 0) is 49.4 Å². The molecule has 6 heteroatoms. The van der Waals surface area contributed by atoms with E-state index in [2.05, 4.69) is 24.3 Å². The fourth-order valence-electron chi connectivity index (χ4n) is 4.47. The first-order chi connectivity index (χ1) is 15.4. The highest BCUT2D eigenvalue weighted by Gasteiger charge is 2.48. The van der Waals surface area contributed by atoms with Crippen LogP contribution in [0.4, 0.5) is 4.79 Å². The fourth-order valence-corrected chi connectivity index (χ4v) is 4.47. The summed E-state index contributed by atoms with van der Waals surface area (Å²) in [4.78, 5) is 13.8. The van der Waals surface area contributed by atoms with Crippen molar-refractivity contribution in [3.63, 3.8) is 0 Å². The summed E-state index contributed by atoms with van der Waals surface area (Å²) in [5, 5.41) is 10.5. The molecule has 1 saturated heterocycles. The topological polar surface area (TPSA) is 68.2 Å². The minimum Gasteiger partial charge on any atom is -0.493 e. The zero-order valence-corrected chi connectivity index (χ0v) is 19.5. The number of hydrogen-bond donors (Lipinski definition) is 1. The van der Waals surface area contributed by atoms with E-state index >= 15 is 0 Å². The number of rotatable bonds is 9. The zero-order valence-electron chi connectivity index (χ0n) is 19.5. The molecule has 1 aliphatic rings. The van der Waals surface area contributed by atoms with E-state index < -0.39 is 11.5 Å². The molecule has 6 nitrogen and oxygen atoms in total. The average Bonchev–Trinajstić information content (AvgIpc) is 3.18. The Morgan fingerprint density at radius 3 is 2.56 bits per heavy atom. The van der Waals surface area contributed by atoms with Gasteiger partial charge in [-0.2, -0.15) is 0 Å². The lowest BCUT2D eigenvalue weighted by Crippen LogP contribution is -2.38. The molecule has 32 heavy (non-hydrogen) atoms. The molecule has 0 saturated carbocycles. The first kappa shape index (κ1) is 23.9. The Bertz CT molecular complexity index is 885. The number of benzene rings is 2. The van der Waals surface area contributed by atoms with Crippen LogP contribution in [-0.4, -0.2) is 56.1 Å². The summed E-state index contributed by atoms with van der Waals surface area (Å²) in [7, 11) is 3.01. The van der Waals surface area contributed by atoms with E-state index in [-0.39, 0.29) is 12.0 Å². The average molecular weight is 442 g/mol. The SMILES string of the molecule is COC(=O)N1CC(c2ccc(OC)c(OCCCCc3ccccc3)c2)C(C)(C(C)O)C1. The molecule has 2 aromatic rings. The number of nitrogens with zero attached hydrogens (tertiary/aromatic N) is 1. The van der Waals surface area contributed by atoms with Crippen LogP contribution in [0.3, 0.4) is 0 Å². The molecule has 174 valence electrons. The van der Waals surface area contributed by atoms with Crippen molar-refractivity contribution in [3.8, 4) is 11.5 Å². The summed E-state index contributed by atoms with van der Waals surface area (Å²) in [6, 6.07) is 16.3. The molecule has 2 aromatic carbocycles. The summed E-state index contributed by atoms with van der Waals surface area (Å²) in [6.07, 6.45) is 2.05. The summed E-state index contributed by atoms with van der Waals surface area (Å²) >= 11 is 0. The highest BCUT2D eigenvalue weighted by Crippen LogP contribution is 2.47. The molecule has 3 atom stereocenters. The molecule has 3 rings (SSSR count). The highest BCUT2D eigenvalue weighted by atomic mass is 16.5. The maximum Gasteiger partial charge on any atom is 0.409 e. The number of amides is 1. The van der Waals surface area contributed by atoms with Gasteiger partial charge in [-0.1, -0.05) is 43.3 Å². The number of carbonyl (C=O) groups excluding carboxylic acids is 1. The highest BCUT2D eigenvalue weighted by molar-refractivity contribution is 5.68. The van der Waals surface area contributed by atoms with Crippen LogP contribution in [0.2, 0.25) is 0 Å². The van der Waals surface area contributed by atoms with E-state index in [1.54, 1.807) is 18.9 Å². The maximum absolute atomic E-state index is 12.2. The quantitative estimate of drug-likeness (QED) is 0.574. The first-order valence-electron chi connectivity index (χ1n) is 11.2. The number of aryl methyl sites for hydroxylation is 1. The summed E-state index contributed by atoms with van der Waals surface area (Å²) in [5.74, 6) is 1.32. The fraction of sp³-hybridized carbons (Fsp3) is 0.500. The smallest absolute Gasteiger partial charge is 0.409 e.